The molecule has 5 nitrogen and oxygen atoms in total. The van der Waals surface area contributed by atoms with Crippen molar-refractivity contribution >= 4 is 10.2 Å². The molecular formula is C10H20N2O3S. The summed E-state index contributed by atoms with van der Waals surface area (Å²) in [4.78, 5) is 0. The molecule has 2 fully saturated rings. The van der Waals surface area contributed by atoms with Gasteiger partial charge in [-0.15, -0.1) is 0 Å². The Kier molecular flexibility index (Phi) is 3.53. The van der Waals surface area contributed by atoms with Gasteiger partial charge in [-0.2, -0.15) is 17.0 Å². The zero-order chi connectivity index (χ0) is 11.8. The maximum absolute atomic E-state index is 12.1. The van der Waals surface area contributed by atoms with Gasteiger partial charge in [0.2, 0.25) is 0 Å². The number of rotatable bonds is 3. The van der Waals surface area contributed by atoms with E-state index in [1.165, 1.54) is 15.0 Å². The Morgan fingerprint density at radius 2 is 1.75 bits per heavy atom. The van der Waals surface area contributed by atoms with Crippen LogP contribution in [0.25, 0.3) is 0 Å². The predicted octanol–water partition coefficient (Wildman–Crippen LogP) is 0.172. The molecule has 94 valence electrons. The van der Waals surface area contributed by atoms with Crippen molar-refractivity contribution in [1.29, 1.82) is 0 Å². The number of hydrogen-bond donors (Lipinski definition) is 1. The first kappa shape index (κ1) is 12.3. The Balaban J connectivity index is 1.99. The van der Waals surface area contributed by atoms with E-state index in [0.717, 1.165) is 25.7 Å². The first-order chi connectivity index (χ1) is 7.51. The molecule has 2 aliphatic rings. The van der Waals surface area contributed by atoms with Crippen LogP contribution in [0.2, 0.25) is 0 Å². The van der Waals surface area contributed by atoms with E-state index >= 15 is 0 Å². The summed E-state index contributed by atoms with van der Waals surface area (Å²) in [6.07, 6.45) is 4.90. The van der Waals surface area contributed by atoms with Crippen LogP contribution in [0.15, 0.2) is 0 Å². The van der Waals surface area contributed by atoms with Crippen LogP contribution in [-0.2, 0) is 10.2 Å². The summed E-state index contributed by atoms with van der Waals surface area (Å²) in [6, 6.07) is 0.150. The van der Waals surface area contributed by atoms with Crippen LogP contribution < -0.4 is 0 Å². The summed E-state index contributed by atoms with van der Waals surface area (Å²) in [7, 11) is -1.67. The summed E-state index contributed by atoms with van der Waals surface area (Å²) in [5.41, 5.74) is 0. The first-order valence-electron chi connectivity index (χ1n) is 5.93. The second kappa shape index (κ2) is 4.60. The van der Waals surface area contributed by atoms with Crippen molar-refractivity contribution in [2.75, 3.05) is 20.1 Å². The Bertz CT molecular complexity index is 332. The third-order valence-electron chi connectivity index (χ3n) is 3.61. The average molecular weight is 248 g/mol. The molecule has 6 heteroatoms. The summed E-state index contributed by atoms with van der Waals surface area (Å²) < 4.78 is 27.0. The van der Waals surface area contributed by atoms with Crippen LogP contribution in [0.5, 0.6) is 0 Å². The van der Waals surface area contributed by atoms with Crippen molar-refractivity contribution in [3.8, 4) is 0 Å². The molecule has 1 saturated heterocycles. The minimum atomic E-state index is -3.33. The van der Waals surface area contributed by atoms with E-state index in [4.69, 9.17) is 5.11 Å². The molecule has 0 atom stereocenters. The van der Waals surface area contributed by atoms with Gasteiger partial charge in [0.15, 0.2) is 0 Å². The lowest BCUT2D eigenvalue weighted by atomic mass is 9.96. The molecule has 2 rings (SSSR count). The van der Waals surface area contributed by atoms with Gasteiger partial charge in [-0.3, -0.25) is 0 Å². The van der Waals surface area contributed by atoms with Crippen molar-refractivity contribution in [1.82, 2.24) is 8.61 Å². The van der Waals surface area contributed by atoms with E-state index in [2.05, 4.69) is 0 Å². The zero-order valence-corrected chi connectivity index (χ0v) is 10.5. The van der Waals surface area contributed by atoms with E-state index in [1.807, 2.05) is 0 Å². The second-order valence-corrected chi connectivity index (χ2v) is 6.77. The molecule has 16 heavy (non-hydrogen) atoms. The lowest BCUT2D eigenvalue weighted by Gasteiger charge is -2.40. The van der Waals surface area contributed by atoms with Gasteiger partial charge in [-0.05, 0) is 12.8 Å². The van der Waals surface area contributed by atoms with Gasteiger partial charge in [0.1, 0.15) is 0 Å². The largest absolute Gasteiger partial charge is 0.390 e. The van der Waals surface area contributed by atoms with Gasteiger partial charge in [0.25, 0.3) is 10.2 Å². The maximum atomic E-state index is 12.1. The number of nitrogens with zero attached hydrogens (tertiary/aromatic N) is 2. The molecule has 0 radical (unpaired) electrons. The molecule has 1 aliphatic carbocycles. The maximum Gasteiger partial charge on any atom is 0.282 e. The van der Waals surface area contributed by atoms with Crippen LogP contribution in [-0.4, -0.2) is 54.4 Å². The summed E-state index contributed by atoms with van der Waals surface area (Å²) >= 11 is 0. The number of β-amino-alcohol motifs (C(OH)–C–C–N with tert-alkyl or cyclic N) is 1. The monoisotopic (exact) mass is 248 g/mol. The highest BCUT2D eigenvalue weighted by molar-refractivity contribution is 7.86. The minimum absolute atomic E-state index is 0.150. The van der Waals surface area contributed by atoms with E-state index in [9.17, 15) is 8.42 Å². The Morgan fingerprint density at radius 3 is 2.25 bits per heavy atom. The SMILES string of the molecule is CN(C1CCCCC1)S(=O)(=O)N1CC(O)C1. The van der Waals surface area contributed by atoms with E-state index in [0.29, 0.717) is 0 Å². The van der Waals surface area contributed by atoms with Crippen molar-refractivity contribution in [2.45, 2.75) is 44.2 Å². The molecule has 0 aromatic rings. The predicted molar refractivity (Wildman–Crippen MR) is 61.1 cm³/mol. The third-order valence-corrected chi connectivity index (χ3v) is 5.58. The van der Waals surface area contributed by atoms with Gasteiger partial charge in [0, 0.05) is 26.2 Å². The molecule has 0 bridgehead atoms. The number of hydrogen-bond acceptors (Lipinski definition) is 3. The van der Waals surface area contributed by atoms with Crippen LogP contribution in [0.3, 0.4) is 0 Å². The van der Waals surface area contributed by atoms with E-state index in [-0.39, 0.29) is 19.1 Å². The molecule has 0 unspecified atom stereocenters. The molecule has 1 heterocycles. The lowest BCUT2D eigenvalue weighted by molar-refractivity contribution is 0.0495. The van der Waals surface area contributed by atoms with Crippen molar-refractivity contribution in [3.63, 3.8) is 0 Å². The van der Waals surface area contributed by atoms with Crippen LogP contribution >= 0.6 is 0 Å². The van der Waals surface area contributed by atoms with Crippen LogP contribution in [0, 0.1) is 0 Å². The Labute approximate surface area is 97.2 Å². The molecule has 1 N–H and O–H groups in total. The molecular weight excluding hydrogens is 228 g/mol. The van der Waals surface area contributed by atoms with E-state index in [1.54, 1.807) is 7.05 Å². The third kappa shape index (κ3) is 2.25. The standard InChI is InChI=1S/C10H20N2O3S/c1-11(9-5-3-2-4-6-9)16(14,15)12-7-10(13)8-12/h9-10,13H,2-8H2,1H3. The highest BCUT2D eigenvalue weighted by atomic mass is 32.2. The molecule has 0 spiro atoms. The summed E-state index contributed by atoms with van der Waals surface area (Å²) in [6.45, 7) is 0.499. The fraction of sp³-hybridized carbons (Fsp3) is 1.00. The number of aliphatic hydroxyl groups excluding tert-OH is 1. The highest BCUT2D eigenvalue weighted by Gasteiger charge is 2.39. The minimum Gasteiger partial charge on any atom is -0.390 e. The summed E-state index contributed by atoms with van der Waals surface area (Å²) in [5.74, 6) is 0. The van der Waals surface area contributed by atoms with Gasteiger partial charge >= 0.3 is 0 Å². The van der Waals surface area contributed by atoms with Crippen LogP contribution in [0.4, 0.5) is 0 Å². The lowest BCUT2D eigenvalue weighted by Crippen LogP contribution is -2.58. The fourth-order valence-electron chi connectivity index (χ4n) is 2.42. The Hall–Kier alpha value is -0.170. The quantitative estimate of drug-likeness (QED) is 0.774. The van der Waals surface area contributed by atoms with Gasteiger partial charge in [-0.25, -0.2) is 0 Å². The normalized spacial score (nSPS) is 25.9. The van der Waals surface area contributed by atoms with Crippen molar-refractivity contribution in [2.24, 2.45) is 0 Å². The number of aliphatic hydroxyl groups is 1. The summed E-state index contributed by atoms with van der Waals surface area (Å²) in [5, 5.41) is 9.15. The molecule has 1 aliphatic heterocycles. The molecule has 0 aromatic carbocycles. The second-order valence-electron chi connectivity index (χ2n) is 4.79. The molecule has 0 aromatic heterocycles. The average Bonchev–Trinajstić information content (AvgIpc) is 2.25. The van der Waals surface area contributed by atoms with Crippen LogP contribution in [0.1, 0.15) is 32.1 Å². The van der Waals surface area contributed by atoms with Crippen molar-refractivity contribution < 1.29 is 13.5 Å². The van der Waals surface area contributed by atoms with E-state index < -0.39 is 16.3 Å². The first-order valence-corrected chi connectivity index (χ1v) is 7.32. The fourth-order valence-corrected chi connectivity index (χ4v) is 4.09. The zero-order valence-electron chi connectivity index (χ0n) is 9.67. The van der Waals surface area contributed by atoms with Crippen molar-refractivity contribution in [3.05, 3.63) is 0 Å². The topological polar surface area (TPSA) is 60.9 Å². The highest BCUT2D eigenvalue weighted by Crippen LogP contribution is 2.26. The van der Waals surface area contributed by atoms with Gasteiger partial charge in [0.05, 0.1) is 6.10 Å². The van der Waals surface area contributed by atoms with Gasteiger partial charge < -0.3 is 5.11 Å². The van der Waals surface area contributed by atoms with Gasteiger partial charge in [-0.1, -0.05) is 19.3 Å². The molecule has 1 saturated carbocycles. The molecule has 0 amide bonds. The Morgan fingerprint density at radius 1 is 1.19 bits per heavy atom. The smallest absolute Gasteiger partial charge is 0.282 e.